The minimum Gasteiger partial charge on any atom is -0.478 e. The molecule has 0 fully saturated rings. The van der Waals surface area contributed by atoms with Gasteiger partial charge in [0.05, 0.1) is 10.5 Å². The predicted octanol–water partition coefficient (Wildman–Crippen LogP) is 2.88. The molecule has 0 radical (unpaired) electrons. The van der Waals surface area contributed by atoms with E-state index in [0.29, 0.717) is 17.1 Å². The Morgan fingerprint density at radius 1 is 1.43 bits per heavy atom. The van der Waals surface area contributed by atoms with E-state index in [1.54, 1.807) is 6.92 Å². The maximum atomic E-state index is 13.5. The zero-order valence-corrected chi connectivity index (χ0v) is 10.8. The third kappa shape index (κ3) is 3.11. The van der Waals surface area contributed by atoms with Crippen molar-refractivity contribution in [2.75, 3.05) is 5.32 Å². The monoisotopic (exact) mass is 291 g/mol. The van der Waals surface area contributed by atoms with Gasteiger partial charge in [0, 0.05) is 11.3 Å². The normalized spacial score (nSPS) is 10.2. The van der Waals surface area contributed by atoms with Crippen LogP contribution in [-0.2, 0) is 0 Å². The zero-order chi connectivity index (χ0) is 15.6. The highest BCUT2D eigenvalue weighted by molar-refractivity contribution is 5.88. The Morgan fingerprint density at radius 3 is 2.67 bits per heavy atom. The molecule has 0 aliphatic carbocycles. The van der Waals surface area contributed by atoms with Gasteiger partial charge in [0.25, 0.3) is 5.69 Å². The molecule has 0 saturated heterocycles. The first-order chi connectivity index (χ1) is 9.88. The molecule has 1 aromatic heterocycles. The summed E-state index contributed by atoms with van der Waals surface area (Å²) in [6.07, 6.45) is 1.10. The third-order valence-electron chi connectivity index (χ3n) is 2.75. The molecular formula is C13H10FN3O4. The number of hydrogen-bond donors (Lipinski definition) is 2. The molecule has 21 heavy (non-hydrogen) atoms. The second-order valence-electron chi connectivity index (χ2n) is 4.24. The van der Waals surface area contributed by atoms with Gasteiger partial charge in [-0.15, -0.1) is 0 Å². The Labute approximate surface area is 118 Å². The Morgan fingerprint density at radius 2 is 2.14 bits per heavy atom. The number of aryl methyl sites for hydroxylation is 1. The average molecular weight is 291 g/mol. The van der Waals surface area contributed by atoms with Crippen LogP contribution in [0, 0.1) is 22.9 Å². The van der Waals surface area contributed by atoms with Crippen LogP contribution in [0.1, 0.15) is 15.9 Å². The number of carboxylic acids is 1. The molecule has 8 heteroatoms. The van der Waals surface area contributed by atoms with Gasteiger partial charge in [-0.1, -0.05) is 0 Å². The fraction of sp³-hybridized carbons (Fsp3) is 0.0769. The highest BCUT2D eigenvalue weighted by Gasteiger charge is 2.13. The number of benzene rings is 1. The van der Waals surface area contributed by atoms with Gasteiger partial charge in [-0.2, -0.15) is 0 Å². The Kier molecular flexibility index (Phi) is 3.79. The van der Waals surface area contributed by atoms with E-state index in [1.165, 1.54) is 12.1 Å². The van der Waals surface area contributed by atoms with Crippen LogP contribution in [0.2, 0.25) is 0 Å². The van der Waals surface area contributed by atoms with Crippen LogP contribution in [0.4, 0.5) is 21.6 Å². The lowest BCUT2D eigenvalue weighted by Crippen LogP contribution is -2.02. The van der Waals surface area contributed by atoms with Crippen molar-refractivity contribution >= 4 is 23.2 Å². The quantitative estimate of drug-likeness (QED) is 0.662. The lowest BCUT2D eigenvalue weighted by molar-refractivity contribution is -0.385. The summed E-state index contributed by atoms with van der Waals surface area (Å²) >= 11 is 0. The molecule has 0 atom stereocenters. The molecular weight excluding hydrogens is 281 g/mol. The van der Waals surface area contributed by atoms with E-state index in [9.17, 15) is 19.3 Å². The number of nitro groups is 1. The number of nitrogens with one attached hydrogen (secondary N) is 1. The second-order valence-corrected chi connectivity index (χ2v) is 4.24. The minimum atomic E-state index is -1.36. The van der Waals surface area contributed by atoms with Crippen molar-refractivity contribution in [2.24, 2.45) is 0 Å². The maximum Gasteiger partial charge on any atom is 0.338 e. The van der Waals surface area contributed by atoms with Gasteiger partial charge >= 0.3 is 5.97 Å². The van der Waals surface area contributed by atoms with Crippen LogP contribution >= 0.6 is 0 Å². The molecule has 0 amide bonds. The number of carboxylic acid groups (broad SMARTS) is 1. The number of pyridine rings is 1. The molecule has 0 unspecified atom stereocenters. The van der Waals surface area contributed by atoms with Crippen molar-refractivity contribution in [3.63, 3.8) is 0 Å². The van der Waals surface area contributed by atoms with Gasteiger partial charge in [0.15, 0.2) is 0 Å². The predicted molar refractivity (Wildman–Crippen MR) is 72.3 cm³/mol. The molecule has 1 aromatic carbocycles. The largest absolute Gasteiger partial charge is 0.478 e. The van der Waals surface area contributed by atoms with Crippen LogP contribution < -0.4 is 5.32 Å². The van der Waals surface area contributed by atoms with Crippen molar-refractivity contribution in [2.45, 2.75) is 6.92 Å². The van der Waals surface area contributed by atoms with E-state index in [4.69, 9.17) is 5.11 Å². The molecule has 2 rings (SSSR count). The second kappa shape index (κ2) is 5.53. The highest BCUT2D eigenvalue weighted by Crippen LogP contribution is 2.22. The number of nitrogens with zero attached hydrogens (tertiary/aromatic N) is 2. The summed E-state index contributed by atoms with van der Waals surface area (Å²) in [7, 11) is 0. The smallest absolute Gasteiger partial charge is 0.338 e. The maximum absolute atomic E-state index is 13.5. The van der Waals surface area contributed by atoms with Crippen LogP contribution in [0.15, 0.2) is 30.5 Å². The van der Waals surface area contributed by atoms with Crippen molar-refractivity contribution in [1.82, 2.24) is 4.98 Å². The molecule has 0 saturated carbocycles. The summed E-state index contributed by atoms with van der Waals surface area (Å²) in [5.74, 6) is -1.95. The van der Waals surface area contributed by atoms with Gasteiger partial charge in [0.2, 0.25) is 0 Å². The average Bonchev–Trinajstić information content (AvgIpc) is 2.37. The third-order valence-corrected chi connectivity index (χ3v) is 2.75. The van der Waals surface area contributed by atoms with E-state index in [2.05, 4.69) is 10.3 Å². The number of aromatic nitrogens is 1. The van der Waals surface area contributed by atoms with Crippen LogP contribution in [0.5, 0.6) is 0 Å². The van der Waals surface area contributed by atoms with Gasteiger partial charge < -0.3 is 10.4 Å². The Bertz CT molecular complexity index is 672. The van der Waals surface area contributed by atoms with Crippen molar-refractivity contribution in [3.05, 3.63) is 57.5 Å². The fourth-order valence-corrected chi connectivity index (χ4v) is 1.72. The van der Waals surface area contributed by atoms with E-state index >= 15 is 0 Å². The highest BCUT2D eigenvalue weighted by atomic mass is 19.1. The van der Waals surface area contributed by atoms with E-state index in [-0.39, 0.29) is 5.69 Å². The lowest BCUT2D eigenvalue weighted by atomic mass is 10.2. The number of rotatable bonds is 4. The summed E-state index contributed by atoms with van der Waals surface area (Å²) in [6.45, 7) is 1.55. The van der Waals surface area contributed by atoms with Gasteiger partial charge in [-0.3, -0.25) is 10.1 Å². The molecule has 0 aliphatic rings. The summed E-state index contributed by atoms with van der Waals surface area (Å²) < 4.78 is 13.5. The Balaban J connectivity index is 2.26. The molecule has 7 nitrogen and oxygen atoms in total. The molecule has 108 valence electrons. The molecule has 0 aliphatic heterocycles. The summed E-state index contributed by atoms with van der Waals surface area (Å²) in [5, 5.41) is 22.2. The van der Waals surface area contributed by atoms with E-state index in [0.717, 1.165) is 18.3 Å². The van der Waals surface area contributed by atoms with Crippen molar-refractivity contribution in [3.8, 4) is 0 Å². The zero-order valence-electron chi connectivity index (χ0n) is 10.8. The number of anilines is 2. The first kappa shape index (κ1) is 14.4. The number of halogens is 1. The van der Waals surface area contributed by atoms with Crippen molar-refractivity contribution < 1.29 is 19.2 Å². The SMILES string of the molecule is Cc1cc(Nc2ccc(C(=O)O)c(F)c2)ncc1[N+](=O)[O-]. The van der Waals surface area contributed by atoms with E-state index < -0.39 is 22.3 Å². The first-order valence-corrected chi connectivity index (χ1v) is 5.79. The number of hydrogen-bond acceptors (Lipinski definition) is 5. The van der Waals surface area contributed by atoms with Crippen LogP contribution in [-0.4, -0.2) is 21.0 Å². The molecule has 0 spiro atoms. The topological polar surface area (TPSA) is 105 Å². The molecule has 0 bridgehead atoms. The number of carbonyl (C=O) groups is 1. The van der Waals surface area contributed by atoms with Gasteiger partial charge in [-0.25, -0.2) is 14.2 Å². The minimum absolute atomic E-state index is 0.118. The van der Waals surface area contributed by atoms with Gasteiger partial charge in [-0.05, 0) is 31.2 Å². The molecule has 2 aromatic rings. The van der Waals surface area contributed by atoms with Gasteiger partial charge in [0.1, 0.15) is 17.8 Å². The van der Waals surface area contributed by atoms with Crippen LogP contribution in [0.25, 0.3) is 0 Å². The molecule has 1 heterocycles. The van der Waals surface area contributed by atoms with E-state index in [1.807, 2.05) is 0 Å². The standard InChI is InChI=1S/C13H10FN3O4/c1-7-4-12(15-6-11(7)17(20)21)16-8-2-3-9(13(18)19)10(14)5-8/h2-6H,1H3,(H,15,16)(H,18,19). The summed E-state index contributed by atoms with van der Waals surface area (Å²) in [6, 6.07) is 4.96. The summed E-state index contributed by atoms with van der Waals surface area (Å²) in [5.41, 5.74) is 0.139. The lowest BCUT2D eigenvalue weighted by Gasteiger charge is -2.07. The number of aromatic carboxylic acids is 1. The summed E-state index contributed by atoms with van der Waals surface area (Å²) in [4.78, 5) is 24.7. The fourth-order valence-electron chi connectivity index (χ4n) is 1.72. The molecule has 2 N–H and O–H groups in total. The van der Waals surface area contributed by atoms with Crippen molar-refractivity contribution in [1.29, 1.82) is 0 Å². The Hall–Kier alpha value is -3.03. The van der Waals surface area contributed by atoms with Crippen LogP contribution in [0.3, 0.4) is 0 Å². The first-order valence-electron chi connectivity index (χ1n) is 5.79.